The third kappa shape index (κ3) is 3.57. The minimum absolute atomic E-state index is 0.256. The van der Waals surface area contributed by atoms with Crippen LogP contribution in [0.3, 0.4) is 0 Å². The first-order valence-corrected chi connectivity index (χ1v) is 9.75. The van der Waals surface area contributed by atoms with Crippen molar-refractivity contribution >= 4 is 11.6 Å². The molecule has 0 saturated heterocycles. The maximum atomic E-state index is 13.2. The van der Waals surface area contributed by atoms with Crippen LogP contribution in [0.4, 0.5) is 5.69 Å². The highest BCUT2D eigenvalue weighted by atomic mass is 16.5. The van der Waals surface area contributed by atoms with E-state index >= 15 is 0 Å². The van der Waals surface area contributed by atoms with Crippen LogP contribution in [0.1, 0.15) is 23.7 Å². The number of para-hydroxylation sites is 3. The number of aryl methyl sites for hydroxylation is 1. The Morgan fingerprint density at radius 2 is 1.80 bits per heavy atom. The van der Waals surface area contributed by atoms with Crippen LogP contribution in [0, 0.1) is 0 Å². The molecule has 30 heavy (non-hydrogen) atoms. The summed E-state index contributed by atoms with van der Waals surface area (Å²) in [6.07, 6.45) is 4.36. The Hall–Kier alpha value is -3.87. The van der Waals surface area contributed by atoms with E-state index in [1.165, 1.54) is 4.68 Å². The first-order chi connectivity index (χ1) is 14.6. The average molecular weight is 402 g/mol. The molecule has 0 unspecified atom stereocenters. The molecule has 7 nitrogen and oxygen atoms in total. The first-order valence-electron chi connectivity index (χ1n) is 9.75. The smallest absolute Gasteiger partial charge is 0.282 e. The van der Waals surface area contributed by atoms with Gasteiger partial charge in [-0.25, -0.2) is 0 Å². The largest absolute Gasteiger partial charge is 0.495 e. The Morgan fingerprint density at radius 3 is 2.53 bits per heavy atom. The molecule has 2 aliphatic heterocycles. The molecule has 0 atom stereocenters. The second-order valence-corrected chi connectivity index (χ2v) is 6.88. The van der Waals surface area contributed by atoms with Crippen LogP contribution >= 0.6 is 0 Å². The van der Waals surface area contributed by atoms with E-state index in [1.807, 2.05) is 54.0 Å². The summed E-state index contributed by atoms with van der Waals surface area (Å²) in [6, 6.07) is 16.3. The van der Waals surface area contributed by atoms with E-state index in [2.05, 4.69) is 10.4 Å². The number of anilines is 1. The van der Waals surface area contributed by atoms with E-state index in [-0.39, 0.29) is 11.5 Å². The third-order valence-electron chi connectivity index (χ3n) is 4.81. The van der Waals surface area contributed by atoms with Crippen molar-refractivity contribution < 1.29 is 9.53 Å². The van der Waals surface area contributed by atoms with Crippen LogP contribution in [0.5, 0.6) is 5.75 Å². The van der Waals surface area contributed by atoms with Crippen LogP contribution in [0.25, 0.3) is 16.9 Å². The lowest BCUT2D eigenvalue weighted by Crippen LogP contribution is -2.18. The number of aromatic nitrogens is 3. The number of nitrogens with zero attached hydrogens (tertiary/aromatic N) is 3. The zero-order valence-electron chi connectivity index (χ0n) is 16.8. The lowest BCUT2D eigenvalue weighted by atomic mass is 10.1. The predicted octanol–water partition coefficient (Wildman–Crippen LogP) is 3.81. The number of carbonyl (C=O) groups excluding carboxylic acids is 1. The standard InChI is InChI=1S/C23H22N4O3/c1-3-13-26-14-17(22(28)24-19-11-7-8-12-20(19)30-2)21-18(15-26)23(29)27(25-21)16-9-5-4-6-10-16/h4-12,14-15H,3,13H2,1-2H3,(H,24,28). The van der Waals surface area contributed by atoms with Crippen molar-refractivity contribution in [3.63, 3.8) is 0 Å². The number of nitrogens with one attached hydrogen (secondary N) is 1. The number of benzene rings is 2. The van der Waals surface area contributed by atoms with Gasteiger partial charge in [0.05, 0.1) is 29.6 Å². The molecule has 2 aliphatic rings. The highest BCUT2D eigenvalue weighted by molar-refractivity contribution is 6.08. The zero-order chi connectivity index (χ0) is 21.1. The highest BCUT2D eigenvalue weighted by Gasteiger charge is 2.25. The van der Waals surface area contributed by atoms with Crippen molar-refractivity contribution in [2.45, 2.75) is 19.9 Å². The second-order valence-electron chi connectivity index (χ2n) is 6.88. The minimum Gasteiger partial charge on any atom is -0.495 e. The third-order valence-corrected chi connectivity index (χ3v) is 4.81. The Bertz CT molecular complexity index is 1210. The number of fused-ring (bicyclic) bond motifs is 1. The van der Waals surface area contributed by atoms with Gasteiger partial charge in [0, 0.05) is 18.9 Å². The Labute approximate surface area is 173 Å². The summed E-state index contributed by atoms with van der Waals surface area (Å²) in [7, 11) is 1.55. The van der Waals surface area contributed by atoms with Crippen molar-refractivity contribution in [1.29, 1.82) is 0 Å². The summed E-state index contributed by atoms with van der Waals surface area (Å²) < 4.78 is 8.52. The van der Waals surface area contributed by atoms with Gasteiger partial charge in [-0.15, -0.1) is 0 Å². The summed E-state index contributed by atoms with van der Waals surface area (Å²) in [5.41, 5.74) is 2.04. The fourth-order valence-corrected chi connectivity index (χ4v) is 3.40. The second kappa shape index (κ2) is 8.24. The minimum atomic E-state index is -0.354. The zero-order valence-corrected chi connectivity index (χ0v) is 16.8. The lowest BCUT2D eigenvalue weighted by Gasteiger charge is -2.13. The molecule has 0 aliphatic carbocycles. The van der Waals surface area contributed by atoms with Gasteiger partial charge in [-0.3, -0.25) is 9.59 Å². The molecule has 2 aromatic carbocycles. The molecule has 0 fully saturated rings. The van der Waals surface area contributed by atoms with E-state index in [4.69, 9.17) is 4.74 Å². The summed E-state index contributed by atoms with van der Waals surface area (Å²) in [6.45, 7) is 2.72. The summed E-state index contributed by atoms with van der Waals surface area (Å²) in [4.78, 5) is 26.2. The molecule has 152 valence electrons. The van der Waals surface area contributed by atoms with Crippen LogP contribution in [-0.4, -0.2) is 27.4 Å². The maximum Gasteiger partial charge on any atom is 0.282 e. The molecule has 1 N–H and O–H groups in total. The molecular weight excluding hydrogens is 380 g/mol. The lowest BCUT2D eigenvalue weighted by molar-refractivity contribution is 0.102. The van der Waals surface area contributed by atoms with Gasteiger partial charge in [-0.1, -0.05) is 37.3 Å². The molecule has 0 aromatic heterocycles. The normalized spacial score (nSPS) is 10.9. The van der Waals surface area contributed by atoms with Crippen molar-refractivity contribution in [2.24, 2.45) is 0 Å². The maximum absolute atomic E-state index is 13.2. The van der Waals surface area contributed by atoms with Gasteiger partial charge < -0.3 is 14.6 Å². The van der Waals surface area contributed by atoms with Crippen molar-refractivity contribution in [2.75, 3.05) is 12.4 Å². The van der Waals surface area contributed by atoms with Crippen molar-refractivity contribution in [3.05, 3.63) is 82.9 Å². The molecule has 1 amide bonds. The highest BCUT2D eigenvalue weighted by Crippen LogP contribution is 2.27. The molecule has 2 aromatic rings. The van der Waals surface area contributed by atoms with Crippen molar-refractivity contribution in [1.82, 2.24) is 14.3 Å². The van der Waals surface area contributed by atoms with E-state index in [9.17, 15) is 9.59 Å². The Morgan fingerprint density at radius 1 is 1.07 bits per heavy atom. The number of hydrogen-bond donors (Lipinski definition) is 1. The fourth-order valence-electron chi connectivity index (χ4n) is 3.40. The van der Waals surface area contributed by atoms with Gasteiger partial charge in [0.2, 0.25) is 0 Å². The summed E-state index contributed by atoms with van der Waals surface area (Å²) in [5.74, 6) is 0.200. The summed E-state index contributed by atoms with van der Waals surface area (Å²) >= 11 is 0. The molecule has 0 bridgehead atoms. The number of pyridine rings is 1. The van der Waals surface area contributed by atoms with Crippen LogP contribution < -0.4 is 15.6 Å². The van der Waals surface area contributed by atoms with E-state index in [0.29, 0.717) is 40.5 Å². The van der Waals surface area contributed by atoms with Crippen LogP contribution in [-0.2, 0) is 6.54 Å². The number of carbonyl (C=O) groups is 1. The quantitative estimate of drug-likeness (QED) is 0.532. The van der Waals surface area contributed by atoms with Gasteiger partial charge in [-0.05, 0) is 30.7 Å². The molecule has 0 radical (unpaired) electrons. The number of hydrogen-bond acceptors (Lipinski definition) is 4. The number of methoxy groups -OCH3 is 1. The molecule has 0 spiro atoms. The SMILES string of the molecule is CCCn1cc(C(=O)Nc2ccccc2OC)c2nn(-c3ccccc3)c(=O)c-2c1. The van der Waals surface area contributed by atoms with Gasteiger partial charge in [0.1, 0.15) is 11.4 Å². The first kappa shape index (κ1) is 19.4. The number of amides is 1. The van der Waals surface area contributed by atoms with E-state index in [0.717, 1.165) is 6.42 Å². The molecule has 2 heterocycles. The predicted molar refractivity (Wildman–Crippen MR) is 116 cm³/mol. The Balaban J connectivity index is 1.83. The number of rotatable bonds is 6. The molecular formula is C23H22N4O3. The van der Waals surface area contributed by atoms with Crippen molar-refractivity contribution in [3.8, 4) is 22.7 Å². The van der Waals surface area contributed by atoms with Crippen LogP contribution in [0.15, 0.2) is 71.8 Å². The molecule has 4 rings (SSSR count). The van der Waals surface area contributed by atoms with Gasteiger partial charge in [0.15, 0.2) is 0 Å². The van der Waals surface area contributed by atoms with Crippen LogP contribution in [0.2, 0.25) is 0 Å². The van der Waals surface area contributed by atoms with E-state index < -0.39 is 0 Å². The van der Waals surface area contributed by atoms with Gasteiger partial charge in [-0.2, -0.15) is 9.78 Å². The fraction of sp³-hybridized carbons (Fsp3) is 0.174. The topological polar surface area (TPSA) is 78.2 Å². The van der Waals surface area contributed by atoms with E-state index in [1.54, 1.807) is 31.6 Å². The van der Waals surface area contributed by atoms with Gasteiger partial charge >= 0.3 is 0 Å². The Kier molecular flexibility index (Phi) is 5.34. The summed E-state index contributed by atoms with van der Waals surface area (Å²) in [5, 5.41) is 7.37. The number of ether oxygens (including phenoxy) is 1. The average Bonchev–Trinajstić information content (AvgIpc) is 3.11. The monoisotopic (exact) mass is 402 g/mol. The molecule has 0 saturated carbocycles. The molecule has 7 heteroatoms. The van der Waals surface area contributed by atoms with Gasteiger partial charge in [0.25, 0.3) is 11.5 Å².